The van der Waals surface area contributed by atoms with Crippen molar-refractivity contribution >= 4 is 17.5 Å². The van der Waals surface area contributed by atoms with Crippen molar-refractivity contribution in [3.8, 4) is 12.3 Å². The number of benzene rings is 1. The zero-order valence-electron chi connectivity index (χ0n) is 9.24. The number of halogens is 1. The molecule has 0 spiro atoms. The van der Waals surface area contributed by atoms with Crippen LogP contribution in [0.1, 0.15) is 12.5 Å². The predicted octanol–water partition coefficient (Wildman–Crippen LogP) is 2.36. The molecule has 0 bridgehead atoms. The van der Waals surface area contributed by atoms with Crippen LogP contribution in [0.5, 0.6) is 0 Å². The fraction of sp³-hybridized carbons (Fsp3) is 0.308. The number of likely N-dealkylation sites (N-methyl/N-ethyl adjacent to an activating group) is 1. The van der Waals surface area contributed by atoms with E-state index in [1.165, 1.54) is 0 Å². The van der Waals surface area contributed by atoms with Crippen molar-refractivity contribution in [2.45, 2.75) is 13.3 Å². The van der Waals surface area contributed by atoms with Crippen LogP contribution in [-0.4, -0.2) is 23.9 Å². The molecule has 0 aliphatic rings. The summed E-state index contributed by atoms with van der Waals surface area (Å²) in [5.41, 5.74) is 0.949. The van der Waals surface area contributed by atoms with Gasteiger partial charge in [-0.05, 0) is 24.6 Å². The summed E-state index contributed by atoms with van der Waals surface area (Å²) in [6.45, 7) is 2.91. The van der Waals surface area contributed by atoms with Crippen LogP contribution in [0.15, 0.2) is 24.3 Å². The summed E-state index contributed by atoms with van der Waals surface area (Å²) >= 11 is 5.77. The molecule has 0 heterocycles. The molecule has 0 fully saturated rings. The van der Waals surface area contributed by atoms with Gasteiger partial charge in [-0.1, -0.05) is 29.7 Å². The van der Waals surface area contributed by atoms with E-state index in [-0.39, 0.29) is 5.91 Å². The highest BCUT2D eigenvalue weighted by atomic mass is 35.5. The van der Waals surface area contributed by atoms with Crippen molar-refractivity contribution in [1.82, 2.24) is 4.90 Å². The number of rotatable bonds is 4. The zero-order valence-corrected chi connectivity index (χ0v) is 10.00. The molecular formula is C13H14ClNO. The van der Waals surface area contributed by atoms with E-state index in [0.717, 1.165) is 5.56 Å². The van der Waals surface area contributed by atoms with Crippen molar-refractivity contribution in [3.63, 3.8) is 0 Å². The quantitative estimate of drug-likeness (QED) is 0.734. The van der Waals surface area contributed by atoms with Crippen molar-refractivity contribution in [2.75, 3.05) is 13.1 Å². The molecule has 84 valence electrons. The second-order valence-corrected chi connectivity index (χ2v) is 3.85. The Morgan fingerprint density at radius 2 is 2.06 bits per heavy atom. The van der Waals surface area contributed by atoms with Crippen LogP contribution in [0.25, 0.3) is 0 Å². The predicted molar refractivity (Wildman–Crippen MR) is 66.2 cm³/mol. The third-order valence-corrected chi connectivity index (χ3v) is 2.54. The van der Waals surface area contributed by atoms with Gasteiger partial charge in [0.2, 0.25) is 5.91 Å². The molecule has 0 radical (unpaired) electrons. The van der Waals surface area contributed by atoms with Gasteiger partial charge in [0.05, 0.1) is 13.0 Å². The van der Waals surface area contributed by atoms with Crippen LogP contribution in [-0.2, 0) is 11.2 Å². The molecule has 1 aromatic rings. The van der Waals surface area contributed by atoms with Crippen LogP contribution in [0.4, 0.5) is 0 Å². The van der Waals surface area contributed by atoms with Crippen LogP contribution < -0.4 is 0 Å². The maximum absolute atomic E-state index is 11.8. The molecule has 0 aliphatic carbocycles. The van der Waals surface area contributed by atoms with E-state index in [2.05, 4.69) is 5.92 Å². The number of hydrogen-bond acceptors (Lipinski definition) is 1. The third-order valence-electron chi connectivity index (χ3n) is 2.29. The normalized spacial score (nSPS) is 9.56. The summed E-state index contributed by atoms with van der Waals surface area (Å²) in [6, 6.07) is 7.26. The van der Waals surface area contributed by atoms with Gasteiger partial charge in [-0.3, -0.25) is 4.79 Å². The van der Waals surface area contributed by atoms with Crippen LogP contribution >= 0.6 is 11.6 Å². The number of terminal acetylenes is 1. The molecule has 3 heteroatoms. The van der Waals surface area contributed by atoms with Gasteiger partial charge in [-0.15, -0.1) is 6.42 Å². The van der Waals surface area contributed by atoms with E-state index in [4.69, 9.17) is 18.0 Å². The lowest BCUT2D eigenvalue weighted by atomic mass is 10.1. The van der Waals surface area contributed by atoms with Gasteiger partial charge in [0.15, 0.2) is 0 Å². The molecule has 16 heavy (non-hydrogen) atoms. The smallest absolute Gasteiger partial charge is 0.227 e. The first kappa shape index (κ1) is 12.6. The molecule has 0 unspecified atom stereocenters. The highest BCUT2D eigenvalue weighted by Crippen LogP contribution is 2.10. The lowest BCUT2D eigenvalue weighted by Crippen LogP contribution is -2.32. The lowest BCUT2D eigenvalue weighted by molar-refractivity contribution is -0.129. The largest absolute Gasteiger partial charge is 0.332 e. The van der Waals surface area contributed by atoms with E-state index in [1.54, 1.807) is 17.0 Å². The van der Waals surface area contributed by atoms with E-state index in [0.29, 0.717) is 24.5 Å². The zero-order chi connectivity index (χ0) is 12.0. The van der Waals surface area contributed by atoms with Gasteiger partial charge < -0.3 is 4.90 Å². The standard InChI is InChI=1S/C13H14ClNO/c1-3-9-15(4-2)13(16)10-11-5-7-12(14)8-6-11/h1,5-8H,4,9-10H2,2H3. The highest BCUT2D eigenvalue weighted by molar-refractivity contribution is 6.30. The molecule has 2 nitrogen and oxygen atoms in total. The van der Waals surface area contributed by atoms with E-state index in [9.17, 15) is 4.79 Å². The molecule has 0 saturated heterocycles. The van der Waals surface area contributed by atoms with Gasteiger partial charge in [-0.2, -0.15) is 0 Å². The minimum absolute atomic E-state index is 0.0442. The first-order valence-corrected chi connectivity index (χ1v) is 5.50. The Bertz CT molecular complexity index is 391. The maximum atomic E-state index is 11.8. The highest BCUT2D eigenvalue weighted by Gasteiger charge is 2.10. The van der Waals surface area contributed by atoms with Crippen molar-refractivity contribution < 1.29 is 4.79 Å². The molecule has 1 amide bonds. The second kappa shape index (κ2) is 6.19. The number of hydrogen-bond donors (Lipinski definition) is 0. The Morgan fingerprint density at radius 1 is 1.44 bits per heavy atom. The SMILES string of the molecule is C#CCN(CC)C(=O)Cc1ccc(Cl)cc1. The molecular weight excluding hydrogens is 222 g/mol. The molecule has 0 N–H and O–H groups in total. The summed E-state index contributed by atoms with van der Waals surface area (Å²) < 4.78 is 0. The van der Waals surface area contributed by atoms with Crippen LogP contribution in [0.3, 0.4) is 0 Å². The second-order valence-electron chi connectivity index (χ2n) is 3.42. The molecule has 0 aromatic heterocycles. The first-order chi connectivity index (χ1) is 7.67. The van der Waals surface area contributed by atoms with Crippen molar-refractivity contribution in [3.05, 3.63) is 34.9 Å². The van der Waals surface area contributed by atoms with Gasteiger partial charge in [0.25, 0.3) is 0 Å². The average Bonchev–Trinajstić information content (AvgIpc) is 2.29. The number of nitrogens with zero attached hydrogens (tertiary/aromatic N) is 1. The first-order valence-electron chi connectivity index (χ1n) is 5.13. The lowest BCUT2D eigenvalue weighted by Gasteiger charge is -2.17. The fourth-order valence-electron chi connectivity index (χ4n) is 1.38. The fourth-order valence-corrected chi connectivity index (χ4v) is 1.50. The van der Waals surface area contributed by atoms with Gasteiger partial charge in [0, 0.05) is 11.6 Å². The van der Waals surface area contributed by atoms with E-state index < -0.39 is 0 Å². The van der Waals surface area contributed by atoms with Crippen molar-refractivity contribution in [1.29, 1.82) is 0 Å². The van der Waals surface area contributed by atoms with Gasteiger partial charge in [0.1, 0.15) is 0 Å². The number of amides is 1. The molecule has 0 atom stereocenters. The average molecular weight is 236 g/mol. The van der Waals surface area contributed by atoms with Crippen molar-refractivity contribution in [2.24, 2.45) is 0 Å². The Kier molecular flexibility index (Phi) is 4.88. The summed E-state index contributed by atoms with van der Waals surface area (Å²) in [5, 5.41) is 0.673. The molecule has 0 saturated carbocycles. The summed E-state index contributed by atoms with van der Waals surface area (Å²) in [5.74, 6) is 2.52. The summed E-state index contributed by atoms with van der Waals surface area (Å²) in [4.78, 5) is 13.5. The third kappa shape index (κ3) is 3.60. The van der Waals surface area contributed by atoms with Gasteiger partial charge >= 0.3 is 0 Å². The van der Waals surface area contributed by atoms with Crippen LogP contribution in [0.2, 0.25) is 5.02 Å². The molecule has 0 aliphatic heterocycles. The monoisotopic (exact) mass is 235 g/mol. The molecule has 1 aromatic carbocycles. The number of carbonyl (C=O) groups excluding carboxylic acids is 1. The Balaban J connectivity index is 2.63. The van der Waals surface area contributed by atoms with Crippen LogP contribution in [0, 0.1) is 12.3 Å². The van der Waals surface area contributed by atoms with E-state index in [1.807, 2.05) is 19.1 Å². The minimum atomic E-state index is 0.0442. The van der Waals surface area contributed by atoms with E-state index >= 15 is 0 Å². The summed E-state index contributed by atoms with van der Waals surface area (Å²) in [7, 11) is 0. The minimum Gasteiger partial charge on any atom is -0.332 e. The topological polar surface area (TPSA) is 20.3 Å². The number of carbonyl (C=O) groups is 1. The Hall–Kier alpha value is -1.46. The summed E-state index contributed by atoms with van der Waals surface area (Å²) in [6.07, 6.45) is 5.56. The Labute approximate surface area is 101 Å². The maximum Gasteiger partial charge on any atom is 0.227 e. The Morgan fingerprint density at radius 3 is 2.56 bits per heavy atom. The molecule has 1 rings (SSSR count). The van der Waals surface area contributed by atoms with Gasteiger partial charge in [-0.25, -0.2) is 0 Å².